The minimum absolute atomic E-state index is 0.101. The van der Waals surface area contributed by atoms with Crippen LogP contribution in [0.25, 0.3) is 5.65 Å². The summed E-state index contributed by atoms with van der Waals surface area (Å²) in [6, 6.07) is 21.4. The Bertz CT molecular complexity index is 1100. The summed E-state index contributed by atoms with van der Waals surface area (Å²) in [5.41, 5.74) is 5.74. The lowest BCUT2D eigenvalue weighted by Gasteiger charge is -2.09. The average Bonchev–Trinajstić information content (AvgIpc) is 3.12. The van der Waals surface area contributed by atoms with E-state index in [1.807, 2.05) is 86.0 Å². The van der Waals surface area contributed by atoms with Gasteiger partial charge in [-0.25, -0.2) is 4.98 Å². The Hall–Kier alpha value is -3.44. The highest BCUT2D eigenvalue weighted by Gasteiger charge is 2.06. The van der Waals surface area contributed by atoms with Gasteiger partial charge in [-0.1, -0.05) is 35.9 Å². The molecule has 0 unspecified atom stereocenters. The number of anilines is 1. The number of hydrogen-bond acceptors (Lipinski definition) is 3. The molecule has 0 atom stereocenters. The molecule has 0 aliphatic heterocycles. The third kappa shape index (κ3) is 4.10. The first-order valence-electron chi connectivity index (χ1n) is 9.28. The van der Waals surface area contributed by atoms with Crippen molar-refractivity contribution in [1.82, 2.24) is 14.7 Å². The van der Waals surface area contributed by atoms with E-state index in [1.54, 1.807) is 0 Å². The lowest BCUT2D eigenvalue weighted by molar-refractivity contribution is 0.102. The van der Waals surface area contributed by atoms with Gasteiger partial charge >= 0.3 is 0 Å². The molecule has 2 heterocycles. The predicted molar refractivity (Wildman–Crippen MR) is 111 cm³/mol. The molecular formula is C23H22N4O. The number of rotatable bonds is 6. The topological polar surface area (TPSA) is 58.4 Å². The van der Waals surface area contributed by atoms with Crippen molar-refractivity contribution < 1.29 is 4.79 Å². The van der Waals surface area contributed by atoms with E-state index in [0.717, 1.165) is 28.2 Å². The number of benzene rings is 2. The second kappa shape index (κ2) is 8.06. The van der Waals surface area contributed by atoms with Gasteiger partial charge in [0.25, 0.3) is 5.91 Å². The molecule has 28 heavy (non-hydrogen) atoms. The summed E-state index contributed by atoms with van der Waals surface area (Å²) in [7, 11) is 0. The summed E-state index contributed by atoms with van der Waals surface area (Å²) in [5.74, 6) is -0.101. The van der Waals surface area contributed by atoms with E-state index in [2.05, 4.69) is 20.0 Å². The highest BCUT2D eigenvalue weighted by Crippen LogP contribution is 2.13. The van der Waals surface area contributed by atoms with Crippen LogP contribution in [0.1, 0.15) is 27.2 Å². The molecule has 1 amide bonds. The summed E-state index contributed by atoms with van der Waals surface area (Å²) in [6.45, 7) is 3.42. The van der Waals surface area contributed by atoms with Crippen LogP contribution in [0.15, 0.2) is 79.1 Å². The molecular weight excluding hydrogens is 348 g/mol. The minimum Gasteiger partial charge on any atom is -0.322 e. The number of fused-ring (bicyclic) bond motifs is 1. The molecule has 0 radical (unpaired) electrons. The monoisotopic (exact) mass is 370 g/mol. The maximum Gasteiger partial charge on any atom is 0.255 e. The van der Waals surface area contributed by atoms with Gasteiger partial charge in [0.1, 0.15) is 5.65 Å². The van der Waals surface area contributed by atoms with Gasteiger partial charge in [-0.05, 0) is 48.9 Å². The standard InChI is InChI=1S/C23H22N4O/c1-17-8-10-19(11-9-17)23(28)26-20-6-4-5-18(13-20)14-24-15-21-16-25-22-7-2-3-12-27(21)22/h2-13,16,24H,14-15H2,1H3,(H,26,28). The number of carbonyl (C=O) groups excluding carboxylic acids is 1. The van der Waals surface area contributed by atoms with Gasteiger partial charge in [-0.3, -0.25) is 4.79 Å². The largest absolute Gasteiger partial charge is 0.322 e. The van der Waals surface area contributed by atoms with Gasteiger partial charge in [-0.15, -0.1) is 0 Å². The van der Waals surface area contributed by atoms with Crippen LogP contribution in [0, 0.1) is 6.92 Å². The van der Waals surface area contributed by atoms with E-state index in [-0.39, 0.29) is 5.91 Å². The molecule has 0 spiro atoms. The average molecular weight is 370 g/mol. The van der Waals surface area contributed by atoms with Crippen LogP contribution in [0.2, 0.25) is 0 Å². The molecule has 4 rings (SSSR count). The summed E-state index contributed by atoms with van der Waals surface area (Å²) in [6.07, 6.45) is 3.90. The quantitative estimate of drug-likeness (QED) is 0.535. The first kappa shape index (κ1) is 17.9. The Balaban J connectivity index is 1.37. The van der Waals surface area contributed by atoms with Crippen LogP contribution in [0.4, 0.5) is 5.69 Å². The summed E-state index contributed by atoms with van der Waals surface area (Å²) in [4.78, 5) is 16.8. The van der Waals surface area contributed by atoms with Crippen LogP contribution >= 0.6 is 0 Å². The number of carbonyl (C=O) groups is 1. The van der Waals surface area contributed by atoms with E-state index < -0.39 is 0 Å². The molecule has 2 aromatic heterocycles. The van der Waals surface area contributed by atoms with Crippen molar-refractivity contribution in [2.75, 3.05) is 5.32 Å². The fraction of sp³-hybridized carbons (Fsp3) is 0.130. The Kier molecular flexibility index (Phi) is 5.17. The Morgan fingerprint density at radius 3 is 2.71 bits per heavy atom. The molecule has 0 aliphatic rings. The highest BCUT2D eigenvalue weighted by atomic mass is 16.1. The molecule has 0 aliphatic carbocycles. The van der Waals surface area contributed by atoms with Crippen molar-refractivity contribution in [3.63, 3.8) is 0 Å². The normalized spacial score (nSPS) is 10.9. The van der Waals surface area contributed by atoms with Crippen molar-refractivity contribution >= 4 is 17.2 Å². The molecule has 0 saturated carbocycles. The van der Waals surface area contributed by atoms with Gasteiger partial charge in [0, 0.05) is 30.5 Å². The summed E-state index contributed by atoms with van der Waals surface area (Å²) in [5, 5.41) is 6.41. The first-order valence-corrected chi connectivity index (χ1v) is 9.28. The number of pyridine rings is 1. The van der Waals surface area contributed by atoms with Crippen LogP contribution in [-0.4, -0.2) is 15.3 Å². The smallest absolute Gasteiger partial charge is 0.255 e. The molecule has 2 N–H and O–H groups in total. The zero-order chi connectivity index (χ0) is 19.3. The number of aryl methyl sites for hydroxylation is 1. The molecule has 140 valence electrons. The molecule has 5 nitrogen and oxygen atoms in total. The molecule has 5 heteroatoms. The van der Waals surface area contributed by atoms with Crippen molar-refractivity contribution in [3.05, 3.63) is 102 Å². The fourth-order valence-corrected chi connectivity index (χ4v) is 3.12. The lowest BCUT2D eigenvalue weighted by Crippen LogP contribution is -2.15. The summed E-state index contributed by atoms with van der Waals surface area (Å²) < 4.78 is 2.07. The molecule has 2 aromatic carbocycles. The Morgan fingerprint density at radius 1 is 1.00 bits per heavy atom. The number of amides is 1. The van der Waals surface area contributed by atoms with Crippen molar-refractivity contribution in [2.24, 2.45) is 0 Å². The SMILES string of the molecule is Cc1ccc(C(=O)Nc2cccc(CNCc3cnc4ccccn34)c2)cc1. The maximum absolute atomic E-state index is 12.4. The summed E-state index contributed by atoms with van der Waals surface area (Å²) >= 11 is 0. The number of nitrogens with zero attached hydrogens (tertiary/aromatic N) is 2. The second-order valence-electron chi connectivity index (χ2n) is 6.80. The van der Waals surface area contributed by atoms with Crippen molar-refractivity contribution in [2.45, 2.75) is 20.0 Å². The molecule has 0 bridgehead atoms. The maximum atomic E-state index is 12.4. The van der Waals surface area contributed by atoms with Crippen LogP contribution < -0.4 is 10.6 Å². The van der Waals surface area contributed by atoms with Crippen LogP contribution in [0.3, 0.4) is 0 Å². The predicted octanol–water partition coefficient (Wildman–Crippen LogP) is 4.18. The third-order valence-corrected chi connectivity index (χ3v) is 4.63. The molecule has 0 saturated heterocycles. The first-order chi connectivity index (χ1) is 13.7. The number of hydrogen-bond donors (Lipinski definition) is 2. The molecule has 0 fully saturated rings. The van der Waals surface area contributed by atoms with Crippen molar-refractivity contribution in [3.8, 4) is 0 Å². The zero-order valence-corrected chi connectivity index (χ0v) is 15.7. The van der Waals surface area contributed by atoms with E-state index >= 15 is 0 Å². The number of aromatic nitrogens is 2. The Morgan fingerprint density at radius 2 is 1.86 bits per heavy atom. The number of imidazole rings is 1. The zero-order valence-electron chi connectivity index (χ0n) is 15.7. The van der Waals surface area contributed by atoms with Gasteiger partial charge in [0.05, 0.1) is 11.9 Å². The van der Waals surface area contributed by atoms with Gasteiger partial charge in [-0.2, -0.15) is 0 Å². The van der Waals surface area contributed by atoms with E-state index in [9.17, 15) is 4.79 Å². The second-order valence-corrected chi connectivity index (χ2v) is 6.80. The molecule has 4 aromatic rings. The highest BCUT2D eigenvalue weighted by molar-refractivity contribution is 6.04. The fourth-order valence-electron chi connectivity index (χ4n) is 3.12. The van der Waals surface area contributed by atoms with Crippen molar-refractivity contribution in [1.29, 1.82) is 0 Å². The van der Waals surface area contributed by atoms with Gasteiger partial charge in [0.2, 0.25) is 0 Å². The van der Waals surface area contributed by atoms with Gasteiger partial charge in [0.15, 0.2) is 0 Å². The van der Waals surface area contributed by atoms with E-state index in [4.69, 9.17) is 0 Å². The van der Waals surface area contributed by atoms with Crippen LogP contribution in [-0.2, 0) is 13.1 Å². The van der Waals surface area contributed by atoms with E-state index in [1.165, 1.54) is 0 Å². The minimum atomic E-state index is -0.101. The van der Waals surface area contributed by atoms with E-state index in [0.29, 0.717) is 18.7 Å². The Labute approximate surface area is 164 Å². The number of nitrogens with one attached hydrogen (secondary N) is 2. The van der Waals surface area contributed by atoms with Gasteiger partial charge < -0.3 is 15.0 Å². The van der Waals surface area contributed by atoms with Crippen LogP contribution in [0.5, 0.6) is 0 Å². The third-order valence-electron chi connectivity index (χ3n) is 4.63. The lowest BCUT2D eigenvalue weighted by atomic mass is 10.1.